The predicted molar refractivity (Wildman–Crippen MR) is 63.6 cm³/mol. The molecule has 0 aliphatic rings. The van der Waals surface area contributed by atoms with Gasteiger partial charge in [0.25, 0.3) is 0 Å². The topological polar surface area (TPSA) is 68.0 Å². The molecule has 1 aromatic rings. The molecule has 0 fully saturated rings. The van der Waals surface area contributed by atoms with Crippen LogP contribution in [0, 0.1) is 5.92 Å². The molecule has 0 radical (unpaired) electrons. The van der Waals surface area contributed by atoms with E-state index in [1.165, 1.54) is 0 Å². The summed E-state index contributed by atoms with van der Waals surface area (Å²) in [6.45, 7) is 4.27. The maximum atomic E-state index is 11.8. The van der Waals surface area contributed by atoms with Crippen LogP contribution in [0.2, 0.25) is 0 Å². The molecule has 1 unspecified atom stereocenters. The lowest BCUT2D eigenvalue weighted by molar-refractivity contribution is -0.125. The molecule has 4 heteroatoms. The van der Waals surface area contributed by atoms with E-state index in [1.54, 1.807) is 6.20 Å². The summed E-state index contributed by atoms with van der Waals surface area (Å²) in [5.41, 5.74) is 6.39. The van der Waals surface area contributed by atoms with E-state index < -0.39 is 0 Å². The molecule has 1 amide bonds. The third-order valence-electron chi connectivity index (χ3n) is 2.64. The fourth-order valence-electron chi connectivity index (χ4n) is 1.50. The number of aromatic nitrogens is 1. The van der Waals surface area contributed by atoms with Gasteiger partial charge in [-0.2, -0.15) is 0 Å². The minimum atomic E-state index is -0.105. The molecule has 1 aromatic heterocycles. The molecule has 0 bridgehead atoms. The van der Waals surface area contributed by atoms with Gasteiger partial charge in [-0.1, -0.05) is 13.0 Å². The SMILES string of the molecule is CCC(CN)C(=O)N[C@H](C)c1ccccn1. The van der Waals surface area contributed by atoms with Crippen molar-refractivity contribution in [3.05, 3.63) is 30.1 Å². The number of rotatable bonds is 5. The first-order chi connectivity index (χ1) is 7.69. The highest BCUT2D eigenvalue weighted by molar-refractivity contribution is 5.79. The summed E-state index contributed by atoms with van der Waals surface area (Å²) in [6, 6.07) is 5.58. The van der Waals surface area contributed by atoms with Crippen molar-refractivity contribution in [1.29, 1.82) is 0 Å². The van der Waals surface area contributed by atoms with Gasteiger partial charge in [0.2, 0.25) is 5.91 Å². The van der Waals surface area contributed by atoms with Crippen molar-refractivity contribution in [3.63, 3.8) is 0 Å². The molecule has 4 nitrogen and oxygen atoms in total. The fourth-order valence-corrected chi connectivity index (χ4v) is 1.50. The van der Waals surface area contributed by atoms with Crippen LogP contribution in [0.4, 0.5) is 0 Å². The van der Waals surface area contributed by atoms with Crippen molar-refractivity contribution < 1.29 is 4.79 Å². The van der Waals surface area contributed by atoms with Crippen molar-refractivity contribution in [1.82, 2.24) is 10.3 Å². The minimum absolute atomic E-state index is 0.00292. The number of hydrogen-bond acceptors (Lipinski definition) is 3. The van der Waals surface area contributed by atoms with Gasteiger partial charge in [-0.15, -0.1) is 0 Å². The fraction of sp³-hybridized carbons (Fsp3) is 0.500. The van der Waals surface area contributed by atoms with Gasteiger partial charge in [-0.25, -0.2) is 0 Å². The van der Waals surface area contributed by atoms with E-state index in [1.807, 2.05) is 32.0 Å². The Morgan fingerprint density at radius 2 is 2.31 bits per heavy atom. The molecule has 0 spiro atoms. The summed E-state index contributed by atoms with van der Waals surface area (Å²) in [7, 11) is 0. The van der Waals surface area contributed by atoms with E-state index >= 15 is 0 Å². The summed E-state index contributed by atoms with van der Waals surface area (Å²) in [6.07, 6.45) is 2.48. The van der Waals surface area contributed by atoms with Crippen LogP contribution in [0.1, 0.15) is 32.0 Å². The molecular weight excluding hydrogens is 202 g/mol. The predicted octanol–water partition coefficient (Wildman–Crippen LogP) is 1.24. The zero-order chi connectivity index (χ0) is 12.0. The first-order valence-electron chi connectivity index (χ1n) is 5.60. The standard InChI is InChI=1S/C12H19N3O/c1-3-10(8-13)12(16)15-9(2)11-6-4-5-7-14-11/h4-7,9-10H,3,8,13H2,1-2H3,(H,15,16)/t9-,10?/m1/s1. The molecule has 88 valence electrons. The van der Waals surface area contributed by atoms with E-state index in [0.29, 0.717) is 6.54 Å². The smallest absolute Gasteiger partial charge is 0.224 e. The first kappa shape index (κ1) is 12.6. The van der Waals surface area contributed by atoms with E-state index in [4.69, 9.17) is 5.73 Å². The van der Waals surface area contributed by atoms with Crippen LogP contribution in [-0.2, 0) is 4.79 Å². The van der Waals surface area contributed by atoms with E-state index in [9.17, 15) is 4.79 Å². The first-order valence-corrected chi connectivity index (χ1v) is 5.60. The largest absolute Gasteiger partial charge is 0.348 e. The lowest BCUT2D eigenvalue weighted by Gasteiger charge is -2.17. The van der Waals surface area contributed by atoms with Gasteiger partial charge in [0.1, 0.15) is 0 Å². The molecule has 3 N–H and O–H groups in total. The van der Waals surface area contributed by atoms with Crippen LogP contribution >= 0.6 is 0 Å². The zero-order valence-corrected chi connectivity index (χ0v) is 9.81. The van der Waals surface area contributed by atoms with Crippen molar-refractivity contribution >= 4 is 5.91 Å². The van der Waals surface area contributed by atoms with Gasteiger partial charge in [-0.05, 0) is 25.5 Å². The summed E-state index contributed by atoms with van der Waals surface area (Å²) in [5, 5.41) is 2.92. The summed E-state index contributed by atoms with van der Waals surface area (Å²) < 4.78 is 0. The second kappa shape index (κ2) is 6.23. The summed E-state index contributed by atoms with van der Waals surface area (Å²) in [4.78, 5) is 16.0. The molecule has 0 aromatic carbocycles. The molecule has 16 heavy (non-hydrogen) atoms. The highest BCUT2D eigenvalue weighted by Crippen LogP contribution is 2.10. The Kier molecular flexibility index (Phi) is 4.92. The molecule has 0 aliphatic carbocycles. The number of carbonyl (C=O) groups excluding carboxylic acids is 1. The number of hydrogen-bond donors (Lipinski definition) is 2. The molecule has 2 atom stereocenters. The van der Waals surface area contributed by atoms with E-state index in [0.717, 1.165) is 12.1 Å². The van der Waals surface area contributed by atoms with Crippen molar-refractivity contribution in [2.24, 2.45) is 11.7 Å². The number of nitrogens with two attached hydrogens (primary N) is 1. The molecule has 0 saturated heterocycles. The lowest BCUT2D eigenvalue weighted by atomic mass is 10.1. The summed E-state index contributed by atoms with van der Waals surface area (Å²) in [5.74, 6) is -0.102. The second-order valence-corrected chi connectivity index (χ2v) is 3.83. The van der Waals surface area contributed by atoms with Crippen LogP contribution in [0.5, 0.6) is 0 Å². The number of nitrogens with zero attached hydrogens (tertiary/aromatic N) is 1. The second-order valence-electron chi connectivity index (χ2n) is 3.83. The van der Waals surface area contributed by atoms with Crippen LogP contribution in [0.25, 0.3) is 0 Å². The maximum Gasteiger partial charge on any atom is 0.224 e. The van der Waals surface area contributed by atoms with Crippen LogP contribution < -0.4 is 11.1 Å². The van der Waals surface area contributed by atoms with E-state index in [-0.39, 0.29) is 17.9 Å². The van der Waals surface area contributed by atoms with Gasteiger partial charge in [0, 0.05) is 18.7 Å². The summed E-state index contributed by atoms with van der Waals surface area (Å²) >= 11 is 0. The Labute approximate surface area is 96.3 Å². The highest BCUT2D eigenvalue weighted by Gasteiger charge is 2.17. The Morgan fingerprint density at radius 1 is 1.56 bits per heavy atom. The number of carbonyl (C=O) groups is 1. The van der Waals surface area contributed by atoms with Gasteiger partial charge < -0.3 is 11.1 Å². The zero-order valence-electron chi connectivity index (χ0n) is 9.81. The van der Waals surface area contributed by atoms with Crippen LogP contribution in [0.15, 0.2) is 24.4 Å². The van der Waals surface area contributed by atoms with Gasteiger partial charge in [-0.3, -0.25) is 9.78 Å². The minimum Gasteiger partial charge on any atom is -0.348 e. The third kappa shape index (κ3) is 3.31. The molecular formula is C12H19N3O. The average Bonchev–Trinajstić information content (AvgIpc) is 2.31. The Bertz CT molecular complexity index is 322. The van der Waals surface area contributed by atoms with Crippen molar-refractivity contribution in [3.8, 4) is 0 Å². The van der Waals surface area contributed by atoms with Gasteiger partial charge >= 0.3 is 0 Å². The van der Waals surface area contributed by atoms with Crippen LogP contribution in [-0.4, -0.2) is 17.4 Å². The highest BCUT2D eigenvalue weighted by atomic mass is 16.1. The number of pyridine rings is 1. The third-order valence-corrected chi connectivity index (χ3v) is 2.64. The van der Waals surface area contributed by atoms with Crippen molar-refractivity contribution in [2.75, 3.05) is 6.54 Å². The number of amides is 1. The monoisotopic (exact) mass is 221 g/mol. The van der Waals surface area contributed by atoms with Crippen molar-refractivity contribution in [2.45, 2.75) is 26.3 Å². The van der Waals surface area contributed by atoms with E-state index in [2.05, 4.69) is 10.3 Å². The Hall–Kier alpha value is -1.42. The molecule has 0 saturated carbocycles. The normalized spacial score (nSPS) is 14.2. The maximum absolute atomic E-state index is 11.8. The quantitative estimate of drug-likeness (QED) is 0.786. The lowest BCUT2D eigenvalue weighted by Crippen LogP contribution is -2.36. The average molecular weight is 221 g/mol. The van der Waals surface area contributed by atoms with Crippen LogP contribution in [0.3, 0.4) is 0 Å². The molecule has 1 rings (SSSR count). The molecule has 0 aliphatic heterocycles. The molecule has 1 heterocycles. The van der Waals surface area contributed by atoms with Gasteiger partial charge in [0.15, 0.2) is 0 Å². The Balaban J connectivity index is 2.58. The van der Waals surface area contributed by atoms with Gasteiger partial charge in [0.05, 0.1) is 11.7 Å². The number of nitrogens with one attached hydrogen (secondary N) is 1. The Morgan fingerprint density at radius 3 is 2.81 bits per heavy atom.